The molecule has 0 spiro atoms. The van der Waals surface area contributed by atoms with Gasteiger partial charge in [-0.15, -0.1) is 0 Å². The van der Waals surface area contributed by atoms with Gasteiger partial charge in [-0.05, 0) is 23.8 Å². The molecular formula is C14H13N. The lowest BCUT2D eigenvalue weighted by Gasteiger charge is -1.90. The van der Waals surface area contributed by atoms with Gasteiger partial charge in [0.2, 0.25) is 0 Å². The summed E-state index contributed by atoms with van der Waals surface area (Å²) in [7, 11) is 0. The van der Waals surface area contributed by atoms with Crippen molar-refractivity contribution in [1.29, 1.82) is 0 Å². The van der Waals surface area contributed by atoms with Gasteiger partial charge in [0.1, 0.15) is 0 Å². The first-order chi connectivity index (χ1) is 7.45. The zero-order valence-corrected chi connectivity index (χ0v) is 8.45. The zero-order valence-electron chi connectivity index (χ0n) is 8.45. The Hall–Kier alpha value is -2.02. The summed E-state index contributed by atoms with van der Waals surface area (Å²) in [4.78, 5) is 0. The van der Waals surface area contributed by atoms with E-state index in [1.807, 2.05) is 65.6 Å². The third-order valence-corrected chi connectivity index (χ3v) is 2.09. The lowest BCUT2D eigenvalue weighted by molar-refractivity contribution is 1.17. The molecule has 2 aromatic rings. The summed E-state index contributed by atoms with van der Waals surface area (Å²) in [5.41, 5.74) is 1.22. The molecule has 15 heavy (non-hydrogen) atoms. The fraction of sp³-hybridized carbons (Fsp3) is 0. The quantitative estimate of drug-likeness (QED) is 0.658. The Kier molecular flexibility index (Phi) is 3.18. The molecule has 0 fully saturated rings. The van der Waals surface area contributed by atoms with E-state index >= 15 is 0 Å². The van der Waals surface area contributed by atoms with E-state index in [-0.39, 0.29) is 0 Å². The maximum atomic E-state index is 2.08. The fourth-order valence-electron chi connectivity index (χ4n) is 1.33. The van der Waals surface area contributed by atoms with Crippen molar-refractivity contribution in [2.75, 3.05) is 0 Å². The van der Waals surface area contributed by atoms with Gasteiger partial charge in [0, 0.05) is 18.6 Å². The van der Waals surface area contributed by atoms with Crippen molar-refractivity contribution in [2.24, 2.45) is 0 Å². The predicted molar refractivity (Wildman–Crippen MR) is 65.2 cm³/mol. The largest absolute Gasteiger partial charge is 0.331 e. The Balaban J connectivity index is 1.96. The van der Waals surface area contributed by atoms with Gasteiger partial charge in [0.15, 0.2) is 0 Å². The molecule has 1 heteroatoms. The van der Waals surface area contributed by atoms with Crippen molar-refractivity contribution in [3.63, 3.8) is 0 Å². The van der Waals surface area contributed by atoms with Crippen LogP contribution < -0.4 is 0 Å². The molecule has 0 N–H and O–H groups in total. The number of nitrogens with zero attached hydrogens (tertiary/aromatic N) is 1. The van der Waals surface area contributed by atoms with Crippen molar-refractivity contribution in [1.82, 2.24) is 4.57 Å². The van der Waals surface area contributed by atoms with E-state index in [4.69, 9.17) is 0 Å². The van der Waals surface area contributed by atoms with Gasteiger partial charge in [0.25, 0.3) is 0 Å². The van der Waals surface area contributed by atoms with Gasteiger partial charge in [0.05, 0.1) is 0 Å². The van der Waals surface area contributed by atoms with Crippen molar-refractivity contribution in [2.45, 2.75) is 0 Å². The summed E-state index contributed by atoms with van der Waals surface area (Å²) in [6, 6.07) is 14.3. The molecule has 0 amide bonds. The molecule has 0 unspecified atom stereocenters. The van der Waals surface area contributed by atoms with Crippen LogP contribution in [0.4, 0.5) is 0 Å². The minimum atomic E-state index is 1.22. The monoisotopic (exact) mass is 195 g/mol. The summed E-state index contributed by atoms with van der Waals surface area (Å²) in [6.07, 6.45) is 12.2. The summed E-state index contributed by atoms with van der Waals surface area (Å²) in [5, 5.41) is 0. The highest BCUT2D eigenvalue weighted by Gasteiger charge is 1.80. The van der Waals surface area contributed by atoms with Crippen molar-refractivity contribution < 1.29 is 0 Å². The third kappa shape index (κ3) is 2.99. The molecule has 74 valence electrons. The van der Waals surface area contributed by atoms with E-state index in [9.17, 15) is 0 Å². The second-order valence-electron chi connectivity index (χ2n) is 3.24. The van der Waals surface area contributed by atoms with Crippen LogP contribution >= 0.6 is 0 Å². The maximum absolute atomic E-state index is 2.08. The highest BCUT2D eigenvalue weighted by molar-refractivity contribution is 5.52. The topological polar surface area (TPSA) is 4.93 Å². The fourth-order valence-corrected chi connectivity index (χ4v) is 1.33. The summed E-state index contributed by atoms with van der Waals surface area (Å²) >= 11 is 0. The van der Waals surface area contributed by atoms with Crippen LogP contribution in [-0.4, -0.2) is 4.57 Å². The molecule has 1 heterocycles. The minimum absolute atomic E-state index is 1.22. The minimum Gasteiger partial charge on any atom is -0.331 e. The number of aromatic nitrogens is 1. The molecule has 0 atom stereocenters. The average molecular weight is 195 g/mol. The van der Waals surface area contributed by atoms with Gasteiger partial charge < -0.3 is 4.57 Å². The van der Waals surface area contributed by atoms with E-state index in [2.05, 4.69) is 18.2 Å². The molecule has 0 radical (unpaired) electrons. The number of rotatable bonds is 3. The van der Waals surface area contributed by atoms with Crippen LogP contribution in [-0.2, 0) is 0 Å². The number of allylic oxidation sites excluding steroid dienone is 2. The maximum Gasteiger partial charge on any atom is 0.00824 e. The van der Waals surface area contributed by atoms with E-state index < -0.39 is 0 Å². The number of benzene rings is 1. The number of hydrogen-bond donors (Lipinski definition) is 0. The Morgan fingerprint density at radius 2 is 1.53 bits per heavy atom. The van der Waals surface area contributed by atoms with Crippen LogP contribution in [0.25, 0.3) is 12.3 Å². The zero-order chi connectivity index (χ0) is 10.3. The van der Waals surface area contributed by atoms with Gasteiger partial charge in [-0.2, -0.15) is 0 Å². The van der Waals surface area contributed by atoms with Crippen LogP contribution in [0.1, 0.15) is 5.56 Å². The van der Waals surface area contributed by atoms with Crippen LogP contribution in [0.5, 0.6) is 0 Å². The summed E-state index contributed by atoms with van der Waals surface area (Å²) < 4.78 is 2.01. The second kappa shape index (κ2) is 5.01. The standard InChI is InChI=1S/C14H13N/c1-2-8-14(9-3-1)10-4-5-11-15-12-6-7-13-15/h1-13H. The average Bonchev–Trinajstić information content (AvgIpc) is 2.79. The summed E-state index contributed by atoms with van der Waals surface area (Å²) in [5.74, 6) is 0. The van der Waals surface area contributed by atoms with E-state index in [0.29, 0.717) is 0 Å². The molecule has 0 aliphatic carbocycles. The molecule has 0 saturated carbocycles. The van der Waals surface area contributed by atoms with Crippen molar-refractivity contribution in [3.05, 3.63) is 72.6 Å². The molecule has 0 bridgehead atoms. The Bertz CT molecular complexity index is 435. The van der Waals surface area contributed by atoms with Gasteiger partial charge in [-0.1, -0.05) is 42.5 Å². The van der Waals surface area contributed by atoms with Gasteiger partial charge in [-0.25, -0.2) is 0 Å². The molecule has 0 saturated heterocycles. The smallest absolute Gasteiger partial charge is 0.00824 e. The first-order valence-corrected chi connectivity index (χ1v) is 4.97. The molecular weight excluding hydrogens is 182 g/mol. The lowest BCUT2D eigenvalue weighted by Crippen LogP contribution is -1.75. The van der Waals surface area contributed by atoms with E-state index in [0.717, 1.165) is 0 Å². The number of hydrogen-bond acceptors (Lipinski definition) is 0. The molecule has 1 aromatic carbocycles. The normalized spacial score (nSPS) is 11.5. The Morgan fingerprint density at radius 3 is 2.27 bits per heavy atom. The highest BCUT2D eigenvalue weighted by Crippen LogP contribution is 2.01. The first-order valence-electron chi connectivity index (χ1n) is 4.97. The molecule has 0 aliphatic rings. The third-order valence-electron chi connectivity index (χ3n) is 2.09. The van der Waals surface area contributed by atoms with Crippen LogP contribution in [0.3, 0.4) is 0 Å². The predicted octanol–water partition coefficient (Wildman–Crippen LogP) is 3.67. The Labute approximate surface area is 90.0 Å². The molecule has 0 aliphatic heterocycles. The molecule has 1 aromatic heterocycles. The van der Waals surface area contributed by atoms with Gasteiger partial charge in [-0.3, -0.25) is 0 Å². The SMILES string of the molecule is C(C=Cn1cccc1)=Cc1ccccc1. The van der Waals surface area contributed by atoms with Crippen LogP contribution in [0.15, 0.2) is 67.0 Å². The summed E-state index contributed by atoms with van der Waals surface area (Å²) in [6.45, 7) is 0. The molecule has 1 nitrogen and oxygen atoms in total. The van der Waals surface area contributed by atoms with E-state index in [1.54, 1.807) is 0 Å². The van der Waals surface area contributed by atoms with Crippen molar-refractivity contribution in [3.8, 4) is 0 Å². The van der Waals surface area contributed by atoms with Crippen LogP contribution in [0, 0.1) is 0 Å². The second-order valence-corrected chi connectivity index (χ2v) is 3.24. The molecule has 2 rings (SSSR count). The highest BCUT2D eigenvalue weighted by atomic mass is 14.9. The Morgan fingerprint density at radius 1 is 0.800 bits per heavy atom. The van der Waals surface area contributed by atoms with Gasteiger partial charge >= 0.3 is 0 Å². The van der Waals surface area contributed by atoms with Crippen molar-refractivity contribution >= 4 is 12.3 Å². The van der Waals surface area contributed by atoms with E-state index in [1.165, 1.54) is 5.56 Å². The first kappa shape index (κ1) is 9.53. The lowest BCUT2D eigenvalue weighted by atomic mass is 10.2. The van der Waals surface area contributed by atoms with Crippen LogP contribution in [0.2, 0.25) is 0 Å².